The fourth-order valence-electron chi connectivity index (χ4n) is 9.41. The summed E-state index contributed by atoms with van der Waals surface area (Å²) in [5.74, 6) is -10.1. The van der Waals surface area contributed by atoms with E-state index in [1.54, 1.807) is 20.0 Å². The quantitative estimate of drug-likeness (QED) is 0.0160. The van der Waals surface area contributed by atoms with Crippen molar-refractivity contribution in [3.63, 3.8) is 0 Å². The van der Waals surface area contributed by atoms with Gasteiger partial charge in [0.25, 0.3) is 0 Å². The number of thiol groups is 2. The topological polar surface area (TPSA) is 433 Å². The van der Waals surface area contributed by atoms with Gasteiger partial charge in [-0.15, -0.1) is 0 Å². The van der Waals surface area contributed by atoms with Crippen LogP contribution in [0.2, 0.25) is 0 Å². The standard InChI is InChI=1S/C50H77N15O11S2/c1-3-27(2)41(64-45(73)33(21-28-24-57-30-12-6-5-11-29(28)30)59-40(69)23-50(78)17-7-4-8-18-50)47(75)61-32(15-16-37(51)66)43(71)62-34(22-38(52)67)44(72)63-35(26-77)48(76)65-20-10-14-36(65)46(74)60-31(13-9-19-56-49(54)55)42(70)58-25-39(53)68/h5-6,11-12,24,27,31-36,41,57,77-78H,3-4,7-10,13-23,25-26H2,1-2H3,(H2,51,66)(H2,52,67)(H2,53,68)(H,58,70)(H,59,69)(H,60,74)(H,61,75)(H,62,71)(H,63,72)(H,64,73)(H4,54,55,56)/t27-,31-,32+,33+,34-,35-,36+,41-/m0/s1. The van der Waals surface area contributed by atoms with E-state index in [1.165, 1.54) is 4.90 Å². The first-order valence-electron chi connectivity index (χ1n) is 26.1. The number of hydrogen-bond acceptors (Lipinski definition) is 14. The van der Waals surface area contributed by atoms with Crippen LogP contribution in [0.3, 0.4) is 0 Å². The minimum atomic E-state index is -1.77. The van der Waals surface area contributed by atoms with Gasteiger partial charge in [0, 0.05) is 60.0 Å². The first kappa shape index (κ1) is 63.4. The van der Waals surface area contributed by atoms with Gasteiger partial charge >= 0.3 is 0 Å². The molecule has 1 saturated heterocycles. The zero-order valence-electron chi connectivity index (χ0n) is 44.1. The molecule has 2 heterocycles. The molecule has 0 unspecified atom stereocenters. The SMILES string of the molecule is CC[C@H](C)[C@H](NC(=O)[C@@H](Cc1c[nH]c2ccccc12)NC(=O)CC1(S)CCCCC1)C(=O)N[C@H](CCC(N)=O)C(=O)N[C@@H](CC(N)=O)C(=O)N[C@@H](CS)C(=O)N1CCC[C@@H]1C(=O)N[C@@H](CCCN=C(N)N)C(=O)NCC(N)=O. The van der Waals surface area contributed by atoms with Crippen molar-refractivity contribution >= 4 is 107 Å². The van der Waals surface area contributed by atoms with E-state index in [2.05, 4.69) is 59.8 Å². The molecule has 4 rings (SSSR count). The van der Waals surface area contributed by atoms with E-state index in [4.69, 9.17) is 41.3 Å². The Hall–Kier alpha value is -7.10. The summed E-state index contributed by atoms with van der Waals surface area (Å²) < 4.78 is -0.549. The van der Waals surface area contributed by atoms with Gasteiger partial charge in [0.1, 0.15) is 42.3 Å². The summed E-state index contributed by atoms with van der Waals surface area (Å²) in [6.07, 6.45) is 5.67. The van der Waals surface area contributed by atoms with Crippen LogP contribution in [-0.4, -0.2) is 153 Å². The highest BCUT2D eigenvalue weighted by Crippen LogP contribution is 2.36. The molecule has 1 aromatic heterocycles. The number of likely N-dealkylation sites (tertiary alicyclic amines) is 1. The Kier molecular flexibility index (Phi) is 25.0. The predicted molar refractivity (Wildman–Crippen MR) is 295 cm³/mol. The zero-order valence-corrected chi connectivity index (χ0v) is 45.9. The van der Waals surface area contributed by atoms with E-state index in [9.17, 15) is 52.7 Å². The summed E-state index contributed by atoms with van der Waals surface area (Å²) in [6.45, 7) is 3.12. The molecule has 1 aliphatic carbocycles. The van der Waals surface area contributed by atoms with Gasteiger partial charge in [-0.1, -0.05) is 57.7 Å². The Bertz CT molecular complexity index is 2520. The number of carbonyl (C=O) groups is 11. The number of aromatic amines is 1. The highest BCUT2D eigenvalue weighted by molar-refractivity contribution is 7.81. The Labute approximate surface area is 463 Å². The van der Waals surface area contributed by atoms with Gasteiger partial charge in [0.2, 0.25) is 65.0 Å². The number of guanidine groups is 1. The molecule has 11 amide bonds. The number of benzene rings is 1. The predicted octanol–water partition coefficient (Wildman–Crippen LogP) is -2.60. The maximum Gasteiger partial charge on any atom is 0.246 e. The van der Waals surface area contributed by atoms with Crippen LogP contribution in [0.5, 0.6) is 0 Å². The number of rotatable bonds is 31. The Morgan fingerprint density at radius 2 is 1.38 bits per heavy atom. The number of nitrogens with zero attached hydrogens (tertiary/aromatic N) is 2. The number of amides is 11. The molecule has 2 aromatic rings. The first-order valence-corrected chi connectivity index (χ1v) is 27.2. The van der Waals surface area contributed by atoms with Crippen LogP contribution in [0.25, 0.3) is 10.9 Å². The molecule has 28 heteroatoms. The second-order valence-corrected chi connectivity index (χ2v) is 21.3. The second kappa shape index (κ2) is 30.7. The molecule has 0 bridgehead atoms. The third kappa shape index (κ3) is 19.7. The molecule has 0 radical (unpaired) electrons. The van der Waals surface area contributed by atoms with Crippen LogP contribution >= 0.6 is 25.3 Å². The Morgan fingerprint density at radius 3 is 2.03 bits per heavy atom. The number of hydrogen-bond donors (Lipinski definition) is 15. The van der Waals surface area contributed by atoms with Gasteiger partial charge in [-0.2, -0.15) is 25.3 Å². The maximum atomic E-state index is 14.4. The number of carbonyl (C=O) groups excluding carboxylic acids is 11. The Balaban J connectivity index is 1.52. The second-order valence-electron chi connectivity index (χ2n) is 19.9. The van der Waals surface area contributed by atoms with E-state index < -0.39 is 144 Å². The van der Waals surface area contributed by atoms with Crippen molar-refractivity contribution in [1.82, 2.24) is 47.1 Å². The lowest BCUT2D eigenvalue weighted by molar-refractivity contribution is -0.142. The molecule has 430 valence electrons. The van der Waals surface area contributed by atoms with E-state index >= 15 is 0 Å². The lowest BCUT2D eigenvalue weighted by Crippen LogP contribution is -2.61. The van der Waals surface area contributed by atoms with Crippen LogP contribution < -0.4 is 65.9 Å². The van der Waals surface area contributed by atoms with Crippen LogP contribution in [0.1, 0.15) is 109 Å². The van der Waals surface area contributed by atoms with E-state index in [1.807, 2.05) is 24.3 Å². The molecular weight excluding hydrogens is 1050 g/mol. The monoisotopic (exact) mass is 1130 g/mol. The maximum absolute atomic E-state index is 14.4. The van der Waals surface area contributed by atoms with Crippen LogP contribution in [0, 0.1) is 5.92 Å². The molecule has 18 N–H and O–H groups in total. The minimum absolute atomic E-state index is 0.0320. The van der Waals surface area contributed by atoms with Gasteiger partial charge < -0.3 is 75.8 Å². The van der Waals surface area contributed by atoms with Gasteiger partial charge in [-0.05, 0) is 62.5 Å². The fraction of sp³-hybridized carbons (Fsp3) is 0.600. The zero-order chi connectivity index (χ0) is 57.7. The normalized spacial score (nSPS) is 17.5. The van der Waals surface area contributed by atoms with Gasteiger partial charge in [-0.25, -0.2) is 0 Å². The van der Waals surface area contributed by atoms with Gasteiger partial charge in [-0.3, -0.25) is 57.7 Å². The molecule has 0 spiro atoms. The number of nitrogens with one attached hydrogen (secondary N) is 8. The van der Waals surface area contributed by atoms with Crippen molar-refractivity contribution in [2.45, 2.75) is 157 Å². The summed E-state index contributed by atoms with van der Waals surface area (Å²) in [5.41, 5.74) is 28.5. The van der Waals surface area contributed by atoms with Crippen molar-refractivity contribution in [3.8, 4) is 0 Å². The average molecular weight is 1130 g/mol. The van der Waals surface area contributed by atoms with E-state index in [0.717, 1.165) is 48.6 Å². The first-order chi connectivity index (χ1) is 36.9. The molecule has 78 heavy (non-hydrogen) atoms. The summed E-state index contributed by atoms with van der Waals surface area (Å²) in [4.78, 5) is 155. The highest BCUT2D eigenvalue weighted by atomic mass is 32.1. The number of aliphatic imine (C=N–C) groups is 1. The van der Waals surface area contributed by atoms with Crippen molar-refractivity contribution < 1.29 is 52.7 Å². The minimum Gasteiger partial charge on any atom is -0.370 e. The molecule has 2 aliphatic rings. The van der Waals surface area contributed by atoms with E-state index in [0.29, 0.717) is 12.8 Å². The van der Waals surface area contributed by atoms with Crippen LogP contribution in [0.4, 0.5) is 0 Å². The number of aromatic nitrogens is 1. The highest BCUT2D eigenvalue weighted by Gasteiger charge is 2.41. The van der Waals surface area contributed by atoms with Gasteiger partial charge in [0.05, 0.1) is 13.0 Å². The number of H-pyrrole nitrogens is 1. The van der Waals surface area contributed by atoms with Gasteiger partial charge in [0.15, 0.2) is 5.96 Å². The summed E-state index contributed by atoms with van der Waals surface area (Å²) in [6, 6.07) is -2.17. The molecule has 1 aliphatic heterocycles. The largest absolute Gasteiger partial charge is 0.370 e. The molecule has 8 atom stereocenters. The third-order valence-electron chi connectivity index (χ3n) is 13.8. The molecule has 1 aromatic carbocycles. The molecule has 2 fully saturated rings. The lowest BCUT2D eigenvalue weighted by atomic mass is 9.85. The van der Waals surface area contributed by atoms with Crippen LogP contribution in [0.15, 0.2) is 35.5 Å². The number of primary amides is 3. The average Bonchev–Trinajstić information content (AvgIpc) is 4.07. The van der Waals surface area contributed by atoms with E-state index in [-0.39, 0.29) is 56.9 Å². The van der Waals surface area contributed by atoms with Crippen LogP contribution in [-0.2, 0) is 59.2 Å². The number of para-hydroxylation sites is 1. The van der Waals surface area contributed by atoms with Crippen molar-refractivity contribution in [3.05, 3.63) is 36.0 Å². The summed E-state index contributed by atoms with van der Waals surface area (Å²) in [5, 5.41) is 18.9. The smallest absolute Gasteiger partial charge is 0.246 e. The molecule has 26 nitrogen and oxygen atoms in total. The fourth-order valence-corrected chi connectivity index (χ4v) is 10.1. The summed E-state index contributed by atoms with van der Waals surface area (Å²) in [7, 11) is 0. The number of nitrogens with two attached hydrogens (primary N) is 5. The molecule has 1 saturated carbocycles. The third-order valence-corrected chi connectivity index (χ3v) is 14.8. The summed E-state index contributed by atoms with van der Waals surface area (Å²) >= 11 is 9.12. The van der Waals surface area contributed by atoms with Crippen molar-refractivity contribution in [2.75, 3.05) is 25.4 Å². The van der Waals surface area contributed by atoms with Crippen molar-refractivity contribution in [2.24, 2.45) is 39.6 Å². The number of fused-ring (bicyclic) bond motifs is 1. The Morgan fingerprint density at radius 1 is 0.744 bits per heavy atom. The lowest BCUT2D eigenvalue weighted by Gasteiger charge is -2.33. The molecular formula is C50H77N15O11S2. The van der Waals surface area contributed by atoms with Crippen molar-refractivity contribution in [1.29, 1.82) is 0 Å².